The Morgan fingerprint density at radius 2 is 2.15 bits per heavy atom. The lowest BCUT2D eigenvalue weighted by atomic mass is 9.99. The molecule has 1 aromatic rings. The van der Waals surface area contributed by atoms with Crippen LogP contribution in [0.1, 0.15) is 26.2 Å². The van der Waals surface area contributed by atoms with Crippen LogP contribution in [0.2, 0.25) is 0 Å². The molecule has 20 heavy (non-hydrogen) atoms. The van der Waals surface area contributed by atoms with Gasteiger partial charge in [-0.25, -0.2) is 4.68 Å². The average Bonchev–Trinajstić information content (AvgIpc) is 2.46. The van der Waals surface area contributed by atoms with Crippen molar-refractivity contribution in [2.45, 2.75) is 32.7 Å². The topological polar surface area (TPSA) is 64.4 Å². The molecule has 1 aliphatic heterocycles. The average molecular weight is 279 g/mol. The van der Waals surface area contributed by atoms with Crippen LogP contribution < -0.4 is 10.5 Å². The summed E-state index contributed by atoms with van der Waals surface area (Å²) in [5, 5.41) is 4.13. The molecular weight excluding hydrogens is 258 g/mol. The van der Waals surface area contributed by atoms with Gasteiger partial charge in [-0.15, -0.1) is 0 Å². The minimum Gasteiger partial charge on any atom is -0.469 e. The first-order valence-corrected chi connectivity index (χ1v) is 6.99. The molecule has 0 radical (unpaired) electrons. The monoisotopic (exact) mass is 279 g/mol. The molecule has 6 heteroatoms. The summed E-state index contributed by atoms with van der Waals surface area (Å²) >= 11 is 0. The minimum atomic E-state index is -0.340. The van der Waals surface area contributed by atoms with Crippen molar-refractivity contribution >= 4 is 11.7 Å². The van der Waals surface area contributed by atoms with Gasteiger partial charge in [0.15, 0.2) is 0 Å². The van der Waals surface area contributed by atoms with E-state index in [4.69, 9.17) is 0 Å². The molecule has 1 aliphatic rings. The number of aromatic nitrogens is 2. The predicted octanol–water partition coefficient (Wildman–Crippen LogP) is 1.04. The Bertz CT molecular complexity index is 519. The second-order valence-corrected chi connectivity index (χ2v) is 5.27. The van der Waals surface area contributed by atoms with E-state index >= 15 is 0 Å². The maximum atomic E-state index is 12.0. The van der Waals surface area contributed by atoms with Gasteiger partial charge in [0.25, 0.3) is 5.56 Å². The number of ether oxygens (including phenoxy) is 1. The van der Waals surface area contributed by atoms with E-state index in [1.54, 1.807) is 12.3 Å². The van der Waals surface area contributed by atoms with Gasteiger partial charge < -0.3 is 9.64 Å². The molecule has 0 aromatic carbocycles. The van der Waals surface area contributed by atoms with Crippen molar-refractivity contribution in [1.82, 2.24) is 9.78 Å². The van der Waals surface area contributed by atoms with Gasteiger partial charge >= 0.3 is 5.97 Å². The van der Waals surface area contributed by atoms with Crippen molar-refractivity contribution in [3.05, 3.63) is 22.6 Å². The van der Waals surface area contributed by atoms with Crippen LogP contribution in [0.5, 0.6) is 0 Å². The van der Waals surface area contributed by atoms with Crippen LogP contribution >= 0.6 is 0 Å². The van der Waals surface area contributed by atoms with E-state index in [0.29, 0.717) is 0 Å². The van der Waals surface area contributed by atoms with Gasteiger partial charge in [-0.2, -0.15) is 5.10 Å². The number of rotatable bonds is 4. The maximum Gasteiger partial charge on any atom is 0.307 e. The first-order chi connectivity index (χ1) is 9.60. The van der Waals surface area contributed by atoms with E-state index in [9.17, 15) is 9.59 Å². The number of esters is 1. The number of hydrogen-bond donors (Lipinski definition) is 0. The van der Waals surface area contributed by atoms with Crippen LogP contribution in [0.25, 0.3) is 0 Å². The highest BCUT2D eigenvalue weighted by atomic mass is 16.5. The SMILES string of the molecule is COC(=O)CCn1ncc(N2CCC(C)CC2)cc1=O. The molecule has 2 rings (SSSR count). The van der Waals surface area contributed by atoms with Gasteiger partial charge in [-0.05, 0) is 18.8 Å². The second-order valence-electron chi connectivity index (χ2n) is 5.27. The molecule has 1 saturated heterocycles. The molecule has 1 aromatic heterocycles. The third kappa shape index (κ3) is 3.59. The van der Waals surface area contributed by atoms with Crippen molar-refractivity contribution in [2.24, 2.45) is 5.92 Å². The van der Waals surface area contributed by atoms with Gasteiger partial charge in [0.2, 0.25) is 0 Å². The molecule has 0 aliphatic carbocycles. The molecular formula is C14H21N3O3. The van der Waals surface area contributed by atoms with Gasteiger partial charge in [0, 0.05) is 19.2 Å². The summed E-state index contributed by atoms with van der Waals surface area (Å²) < 4.78 is 5.85. The third-order valence-corrected chi connectivity index (χ3v) is 3.76. The molecule has 0 spiro atoms. The Labute approximate surface area is 118 Å². The first-order valence-electron chi connectivity index (χ1n) is 6.99. The quantitative estimate of drug-likeness (QED) is 0.771. The highest BCUT2D eigenvalue weighted by molar-refractivity contribution is 5.68. The highest BCUT2D eigenvalue weighted by Gasteiger charge is 2.17. The number of aryl methyl sites for hydroxylation is 1. The van der Waals surface area contributed by atoms with Crippen molar-refractivity contribution in [2.75, 3.05) is 25.1 Å². The zero-order valence-corrected chi connectivity index (χ0v) is 12.0. The number of carbonyl (C=O) groups excluding carboxylic acids is 1. The Morgan fingerprint density at radius 1 is 1.45 bits per heavy atom. The van der Waals surface area contributed by atoms with Crippen LogP contribution in [-0.2, 0) is 16.1 Å². The van der Waals surface area contributed by atoms with E-state index in [2.05, 4.69) is 21.7 Å². The van der Waals surface area contributed by atoms with Crippen LogP contribution in [-0.4, -0.2) is 35.9 Å². The lowest BCUT2D eigenvalue weighted by Crippen LogP contribution is -2.34. The van der Waals surface area contributed by atoms with Crippen LogP contribution in [0.4, 0.5) is 5.69 Å². The zero-order valence-electron chi connectivity index (χ0n) is 12.0. The van der Waals surface area contributed by atoms with Gasteiger partial charge in [-0.1, -0.05) is 6.92 Å². The van der Waals surface area contributed by atoms with Gasteiger partial charge in [-0.3, -0.25) is 9.59 Å². The Morgan fingerprint density at radius 3 is 2.75 bits per heavy atom. The fourth-order valence-corrected chi connectivity index (χ4v) is 2.33. The molecule has 0 saturated carbocycles. The van der Waals surface area contributed by atoms with E-state index in [0.717, 1.165) is 37.5 Å². The highest BCUT2D eigenvalue weighted by Crippen LogP contribution is 2.20. The van der Waals surface area contributed by atoms with Crippen LogP contribution in [0.3, 0.4) is 0 Å². The number of carbonyl (C=O) groups is 1. The summed E-state index contributed by atoms with van der Waals surface area (Å²) in [6.45, 7) is 4.44. The van der Waals surface area contributed by atoms with Crippen molar-refractivity contribution in [3.63, 3.8) is 0 Å². The standard InChI is InChI=1S/C14H21N3O3/c1-11-3-6-16(7-4-11)12-9-13(18)17(15-10-12)8-5-14(19)20-2/h9-11H,3-8H2,1-2H3. The van der Waals surface area contributed by atoms with Crippen molar-refractivity contribution in [3.8, 4) is 0 Å². The summed E-state index contributed by atoms with van der Waals surface area (Å²) in [5.41, 5.74) is 0.696. The Kier molecular flexibility index (Phi) is 4.76. The van der Waals surface area contributed by atoms with Gasteiger partial charge in [0.1, 0.15) is 0 Å². The number of hydrogen-bond acceptors (Lipinski definition) is 5. The van der Waals surface area contributed by atoms with Crippen molar-refractivity contribution < 1.29 is 9.53 Å². The lowest BCUT2D eigenvalue weighted by molar-refractivity contribution is -0.140. The molecule has 0 unspecified atom stereocenters. The van der Waals surface area contributed by atoms with Crippen molar-refractivity contribution in [1.29, 1.82) is 0 Å². The normalized spacial score (nSPS) is 16.2. The fourth-order valence-electron chi connectivity index (χ4n) is 2.33. The number of anilines is 1. The maximum absolute atomic E-state index is 12.0. The minimum absolute atomic E-state index is 0.157. The Hall–Kier alpha value is -1.85. The Balaban J connectivity index is 2.02. The summed E-state index contributed by atoms with van der Waals surface area (Å²) in [4.78, 5) is 25.2. The molecule has 0 atom stereocenters. The third-order valence-electron chi connectivity index (χ3n) is 3.76. The summed E-state index contributed by atoms with van der Waals surface area (Å²) in [7, 11) is 1.33. The van der Waals surface area contributed by atoms with E-state index in [1.165, 1.54) is 11.8 Å². The smallest absolute Gasteiger partial charge is 0.307 e. The fraction of sp³-hybridized carbons (Fsp3) is 0.643. The molecule has 110 valence electrons. The zero-order chi connectivity index (χ0) is 14.5. The van der Waals surface area contributed by atoms with E-state index in [-0.39, 0.29) is 24.5 Å². The predicted molar refractivity (Wildman–Crippen MR) is 75.7 cm³/mol. The lowest BCUT2D eigenvalue weighted by Gasteiger charge is -2.31. The largest absolute Gasteiger partial charge is 0.469 e. The van der Waals surface area contributed by atoms with E-state index in [1.807, 2.05) is 0 Å². The molecule has 6 nitrogen and oxygen atoms in total. The number of nitrogens with zero attached hydrogens (tertiary/aromatic N) is 3. The van der Waals surface area contributed by atoms with Crippen LogP contribution in [0, 0.1) is 5.92 Å². The second kappa shape index (κ2) is 6.54. The summed E-state index contributed by atoms with van der Waals surface area (Å²) in [6, 6.07) is 1.60. The van der Waals surface area contributed by atoms with Crippen LogP contribution in [0.15, 0.2) is 17.1 Å². The molecule has 0 N–H and O–H groups in total. The number of piperidine rings is 1. The molecule has 1 fully saturated rings. The first kappa shape index (κ1) is 14.6. The molecule has 2 heterocycles. The summed E-state index contributed by atoms with van der Waals surface area (Å²) in [6.07, 6.45) is 4.15. The van der Waals surface area contributed by atoms with E-state index < -0.39 is 0 Å². The summed E-state index contributed by atoms with van der Waals surface area (Å²) in [5.74, 6) is 0.410. The number of methoxy groups -OCH3 is 1. The molecule has 0 bridgehead atoms. The van der Waals surface area contributed by atoms with Gasteiger partial charge in [0.05, 0.1) is 32.0 Å². The molecule has 0 amide bonds.